The number of amides is 1. The lowest BCUT2D eigenvalue weighted by atomic mass is 10.1. The lowest BCUT2D eigenvalue weighted by Gasteiger charge is -2.33. The number of rotatable bonds is 6. The number of hydrogen-bond donors (Lipinski definition) is 0. The summed E-state index contributed by atoms with van der Waals surface area (Å²) in [5.74, 6) is 0.106. The van der Waals surface area contributed by atoms with Crippen LogP contribution in [0, 0.1) is 5.92 Å². The van der Waals surface area contributed by atoms with Gasteiger partial charge in [0.05, 0.1) is 6.61 Å². The monoisotopic (exact) mass is 325 g/mol. The molecule has 0 aromatic carbocycles. The average molecular weight is 325 g/mol. The van der Waals surface area contributed by atoms with Gasteiger partial charge in [-0.25, -0.2) is 9.80 Å². The van der Waals surface area contributed by atoms with Crippen LogP contribution in [-0.4, -0.2) is 73.0 Å². The number of nitrogens with zero attached hydrogens (tertiary/aromatic N) is 3. The van der Waals surface area contributed by atoms with Crippen molar-refractivity contribution in [2.45, 2.75) is 39.7 Å². The van der Waals surface area contributed by atoms with Gasteiger partial charge in [-0.1, -0.05) is 13.8 Å². The van der Waals surface area contributed by atoms with Crippen molar-refractivity contribution in [1.29, 1.82) is 0 Å². The summed E-state index contributed by atoms with van der Waals surface area (Å²) in [4.78, 5) is 26.0. The molecule has 0 aromatic rings. The Kier molecular flexibility index (Phi) is 6.53. The van der Waals surface area contributed by atoms with E-state index in [0.29, 0.717) is 37.6 Å². The molecule has 0 unspecified atom stereocenters. The molecule has 1 fully saturated rings. The molecule has 0 radical (unpaired) electrons. The Hall–Kier alpha value is -1.47. The predicted molar refractivity (Wildman–Crippen MR) is 86.0 cm³/mol. The van der Waals surface area contributed by atoms with E-state index in [4.69, 9.17) is 9.47 Å². The molecule has 2 heterocycles. The zero-order valence-electron chi connectivity index (χ0n) is 14.3. The highest BCUT2D eigenvalue weighted by Gasteiger charge is 2.26. The van der Waals surface area contributed by atoms with Crippen LogP contribution in [0.3, 0.4) is 0 Å². The van der Waals surface area contributed by atoms with Crippen molar-refractivity contribution in [2.24, 2.45) is 11.0 Å². The maximum Gasteiger partial charge on any atom is 0.354 e. The molecule has 1 atom stereocenters. The first-order chi connectivity index (χ1) is 11.0. The van der Waals surface area contributed by atoms with Crippen LogP contribution in [-0.2, 0) is 19.1 Å². The van der Waals surface area contributed by atoms with Gasteiger partial charge in [-0.3, -0.25) is 9.69 Å². The zero-order chi connectivity index (χ0) is 16.8. The van der Waals surface area contributed by atoms with E-state index < -0.39 is 5.97 Å². The van der Waals surface area contributed by atoms with Gasteiger partial charge in [0.2, 0.25) is 5.91 Å². The normalized spacial score (nSPS) is 23.1. The smallest absolute Gasteiger partial charge is 0.354 e. The Labute approximate surface area is 137 Å². The van der Waals surface area contributed by atoms with Crippen molar-refractivity contribution in [2.75, 3.05) is 39.4 Å². The highest BCUT2D eigenvalue weighted by molar-refractivity contribution is 6.37. The molecule has 0 aromatic heterocycles. The van der Waals surface area contributed by atoms with Crippen molar-refractivity contribution < 1.29 is 19.1 Å². The second-order valence-corrected chi connectivity index (χ2v) is 6.40. The van der Waals surface area contributed by atoms with E-state index in [0.717, 1.165) is 19.6 Å². The molecule has 0 bridgehead atoms. The molecule has 7 heteroatoms. The minimum Gasteiger partial charge on any atom is -0.458 e. The highest BCUT2D eigenvalue weighted by Crippen LogP contribution is 2.12. The van der Waals surface area contributed by atoms with E-state index in [1.807, 2.05) is 6.92 Å². The third kappa shape index (κ3) is 5.28. The first-order valence-corrected chi connectivity index (χ1v) is 8.38. The van der Waals surface area contributed by atoms with E-state index >= 15 is 0 Å². The highest BCUT2D eigenvalue weighted by atomic mass is 16.6. The fourth-order valence-electron chi connectivity index (χ4n) is 2.81. The maximum absolute atomic E-state index is 12.1. The van der Waals surface area contributed by atoms with Gasteiger partial charge < -0.3 is 9.47 Å². The molecule has 2 rings (SSSR count). The summed E-state index contributed by atoms with van der Waals surface area (Å²) in [7, 11) is 0. The molecule has 0 spiro atoms. The largest absolute Gasteiger partial charge is 0.458 e. The van der Waals surface area contributed by atoms with Gasteiger partial charge >= 0.3 is 5.97 Å². The molecule has 0 aliphatic carbocycles. The molecule has 2 aliphatic rings. The Balaban J connectivity index is 1.81. The Bertz CT molecular complexity index is 464. The van der Waals surface area contributed by atoms with Crippen molar-refractivity contribution in [3.63, 3.8) is 0 Å². The number of esters is 1. The summed E-state index contributed by atoms with van der Waals surface area (Å²) >= 11 is 0. The minimum absolute atomic E-state index is 0.0519. The lowest BCUT2D eigenvalue weighted by Crippen LogP contribution is -2.46. The van der Waals surface area contributed by atoms with Crippen LogP contribution in [0.25, 0.3) is 0 Å². The molecule has 130 valence electrons. The summed E-state index contributed by atoms with van der Waals surface area (Å²) in [6.07, 6.45) is 0.558. The molecule has 1 saturated heterocycles. The summed E-state index contributed by atoms with van der Waals surface area (Å²) in [6.45, 7) is 10.3. The van der Waals surface area contributed by atoms with Crippen LogP contribution in [0.4, 0.5) is 0 Å². The lowest BCUT2D eigenvalue weighted by molar-refractivity contribution is -0.143. The van der Waals surface area contributed by atoms with E-state index in [1.54, 1.807) is 0 Å². The van der Waals surface area contributed by atoms with Crippen molar-refractivity contribution in [3.8, 4) is 0 Å². The first kappa shape index (κ1) is 17.9. The number of morpholine rings is 1. The Morgan fingerprint density at radius 3 is 2.91 bits per heavy atom. The summed E-state index contributed by atoms with van der Waals surface area (Å²) in [5, 5.41) is 5.39. The molecular weight excluding hydrogens is 298 g/mol. The van der Waals surface area contributed by atoms with Gasteiger partial charge in [-0.05, 0) is 12.8 Å². The van der Waals surface area contributed by atoms with Gasteiger partial charge in [0.25, 0.3) is 0 Å². The standard InChI is InChI=1S/C16H27N3O4/c1-4-19-15(20)6-5-14(17-19)16(21)23-11-13-10-18(7-8-22-13)9-12(2)3/h12-13H,4-11H2,1-3H3/t13-/m1/s1. The number of carbonyl (C=O) groups excluding carboxylic acids is 2. The molecule has 7 nitrogen and oxygen atoms in total. The second kappa shape index (κ2) is 8.40. The van der Waals surface area contributed by atoms with E-state index in [9.17, 15) is 9.59 Å². The van der Waals surface area contributed by atoms with Crippen LogP contribution in [0.2, 0.25) is 0 Å². The van der Waals surface area contributed by atoms with E-state index in [1.165, 1.54) is 5.01 Å². The SMILES string of the molecule is CCN1N=C(C(=O)OC[C@H]2CN(CC(C)C)CCO2)CCC1=O. The number of hydrogen-bond acceptors (Lipinski definition) is 6. The zero-order valence-corrected chi connectivity index (χ0v) is 14.3. The van der Waals surface area contributed by atoms with Gasteiger partial charge in [0.1, 0.15) is 18.4 Å². The molecule has 0 saturated carbocycles. The minimum atomic E-state index is -0.444. The second-order valence-electron chi connectivity index (χ2n) is 6.40. The van der Waals surface area contributed by atoms with Crippen LogP contribution < -0.4 is 0 Å². The maximum atomic E-state index is 12.1. The van der Waals surface area contributed by atoms with Gasteiger partial charge in [-0.2, -0.15) is 5.10 Å². The number of ether oxygens (including phenoxy) is 2. The number of carbonyl (C=O) groups is 2. The van der Waals surface area contributed by atoms with Crippen molar-refractivity contribution in [3.05, 3.63) is 0 Å². The molecule has 23 heavy (non-hydrogen) atoms. The Morgan fingerprint density at radius 1 is 1.43 bits per heavy atom. The molecule has 0 N–H and O–H groups in total. The Morgan fingerprint density at radius 2 is 2.22 bits per heavy atom. The van der Waals surface area contributed by atoms with Crippen LogP contribution in [0.1, 0.15) is 33.6 Å². The van der Waals surface area contributed by atoms with Crippen molar-refractivity contribution >= 4 is 17.6 Å². The van der Waals surface area contributed by atoms with Gasteiger partial charge in [0, 0.05) is 39.0 Å². The fourth-order valence-corrected chi connectivity index (χ4v) is 2.81. The van der Waals surface area contributed by atoms with Gasteiger partial charge in [0.15, 0.2) is 0 Å². The summed E-state index contributed by atoms with van der Waals surface area (Å²) < 4.78 is 11.0. The first-order valence-electron chi connectivity index (χ1n) is 8.38. The molecule has 1 amide bonds. The van der Waals surface area contributed by atoms with Crippen LogP contribution in [0.15, 0.2) is 5.10 Å². The summed E-state index contributed by atoms with van der Waals surface area (Å²) in [5.41, 5.74) is 0.321. The summed E-state index contributed by atoms with van der Waals surface area (Å²) in [6, 6.07) is 0. The van der Waals surface area contributed by atoms with E-state index in [-0.39, 0.29) is 18.6 Å². The average Bonchev–Trinajstić information content (AvgIpc) is 2.53. The topological polar surface area (TPSA) is 71.4 Å². The quantitative estimate of drug-likeness (QED) is 0.678. The van der Waals surface area contributed by atoms with Crippen LogP contribution >= 0.6 is 0 Å². The predicted octanol–water partition coefficient (Wildman–Crippen LogP) is 0.885. The molecular formula is C16H27N3O4. The molecule has 2 aliphatic heterocycles. The third-order valence-corrected chi connectivity index (χ3v) is 3.89. The van der Waals surface area contributed by atoms with Crippen molar-refractivity contribution in [1.82, 2.24) is 9.91 Å². The fraction of sp³-hybridized carbons (Fsp3) is 0.812. The van der Waals surface area contributed by atoms with E-state index in [2.05, 4.69) is 23.8 Å². The third-order valence-electron chi connectivity index (χ3n) is 3.89. The van der Waals surface area contributed by atoms with Crippen LogP contribution in [0.5, 0.6) is 0 Å². The number of hydrazone groups is 1. The van der Waals surface area contributed by atoms with Gasteiger partial charge in [-0.15, -0.1) is 0 Å².